The highest BCUT2D eigenvalue weighted by atomic mass is 79.9. The summed E-state index contributed by atoms with van der Waals surface area (Å²) in [7, 11) is 0. The van der Waals surface area contributed by atoms with Gasteiger partial charge >= 0.3 is 0 Å². The topological polar surface area (TPSA) is 49.3 Å². The normalized spacial score (nSPS) is 10.4. The van der Waals surface area contributed by atoms with E-state index in [-0.39, 0.29) is 22.0 Å². The van der Waals surface area contributed by atoms with Gasteiger partial charge in [0.15, 0.2) is 5.82 Å². The Morgan fingerprint density at radius 1 is 1.25 bits per heavy atom. The Labute approximate surface area is 126 Å². The number of aromatic hydroxyl groups is 1. The van der Waals surface area contributed by atoms with Crippen LogP contribution in [0.1, 0.15) is 10.4 Å². The third-order valence-electron chi connectivity index (χ3n) is 2.45. The van der Waals surface area contributed by atoms with E-state index < -0.39 is 17.5 Å². The quantitative estimate of drug-likeness (QED) is 0.835. The van der Waals surface area contributed by atoms with E-state index in [1.54, 1.807) is 0 Å². The van der Waals surface area contributed by atoms with Crippen LogP contribution in [0.5, 0.6) is 5.75 Å². The molecule has 2 aromatic carbocycles. The second-order valence-corrected chi connectivity index (χ2v) is 5.18. The average molecular weight is 363 g/mol. The van der Waals surface area contributed by atoms with E-state index in [0.717, 1.165) is 6.07 Å². The summed E-state index contributed by atoms with van der Waals surface area (Å²) in [6, 6.07) is 5.68. The van der Waals surface area contributed by atoms with Gasteiger partial charge in [0.2, 0.25) is 0 Å². The maximum absolute atomic E-state index is 13.5. The van der Waals surface area contributed by atoms with Crippen LogP contribution >= 0.6 is 27.5 Å². The zero-order valence-electron chi connectivity index (χ0n) is 9.75. The van der Waals surface area contributed by atoms with Crippen LogP contribution in [0, 0.1) is 11.6 Å². The van der Waals surface area contributed by atoms with Crippen LogP contribution < -0.4 is 5.32 Å². The number of anilines is 1. The molecule has 0 heterocycles. The fraction of sp³-hybridized carbons (Fsp3) is 0. The van der Waals surface area contributed by atoms with E-state index >= 15 is 0 Å². The summed E-state index contributed by atoms with van der Waals surface area (Å²) < 4.78 is 27.0. The van der Waals surface area contributed by atoms with Crippen LogP contribution in [-0.2, 0) is 0 Å². The van der Waals surface area contributed by atoms with Crippen LogP contribution in [0.3, 0.4) is 0 Å². The molecule has 0 unspecified atom stereocenters. The first-order chi connectivity index (χ1) is 9.38. The van der Waals surface area contributed by atoms with Gasteiger partial charge in [0.25, 0.3) is 5.91 Å². The largest absolute Gasteiger partial charge is 0.507 e. The van der Waals surface area contributed by atoms with Gasteiger partial charge in [-0.05, 0) is 24.3 Å². The summed E-state index contributed by atoms with van der Waals surface area (Å²) in [6.45, 7) is 0. The van der Waals surface area contributed by atoms with Crippen molar-refractivity contribution in [2.24, 2.45) is 0 Å². The molecule has 2 rings (SSSR count). The van der Waals surface area contributed by atoms with Crippen molar-refractivity contribution < 1.29 is 18.7 Å². The van der Waals surface area contributed by atoms with Crippen molar-refractivity contribution in [1.82, 2.24) is 0 Å². The number of carbonyl (C=O) groups excluding carboxylic acids is 1. The van der Waals surface area contributed by atoms with E-state index in [0.29, 0.717) is 10.5 Å². The molecule has 0 aliphatic heterocycles. The van der Waals surface area contributed by atoms with Gasteiger partial charge in [-0.15, -0.1) is 0 Å². The Morgan fingerprint density at radius 3 is 2.55 bits per heavy atom. The number of halogens is 4. The average Bonchev–Trinajstić information content (AvgIpc) is 2.33. The van der Waals surface area contributed by atoms with Crippen molar-refractivity contribution in [3.63, 3.8) is 0 Å². The summed E-state index contributed by atoms with van der Waals surface area (Å²) in [4.78, 5) is 11.9. The van der Waals surface area contributed by atoms with Gasteiger partial charge in [0.1, 0.15) is 11.6 Å². The van der Waals surface area contributed by atoms with Gasteiger partial charge in [0.05, 0.1) is 16.3 Å². The van der Waals surface area contributed by atoms with Crippen LogP contribution in [0.2, 0.25) is 5.02 Å². The lowest BCUT2D eigenvalue weighted by molar-refractivity contribution is 0.102. The first-order valence-electron chi connectivity index (χ1n) is 5.33. The van der Waals surface area contributed by atoms with E-state index in [2.05, 4.69) is 21.2 Å². The summed E-state index contributed by atoms with van der Waals surface area (Å²) in [5.74, 6) is -2.89. The molecule has 3 nitrogen and oxygen atoms in total. The number of hydrogen-bond acceptors (Lipinski definition) is 2. The Bertz CT molecular complexity index is 671. The standard InChI is InChI=1S/C13H7BrClF2NO2/c14-6-1-2-8(11(19)3-6)13(20)18-12-9(15)4-7(16)5-10(12)17/h1-5,19H,(H,18,20). The molecule has 0 aliphatic carbocycles. The third-order valence-corrected chi connectivity index (χ3v) is 3.24. The highest BCUT2D eigenvalue weighted by Gasteiger charge is 2.16. The van der Waals surface area contributed by atoms with Crippen LogP contribution in [0.15, 0.2) is 34.8 Å². The molecule has 0 bridgehead atoms. The Balaban J connectivity index is 2.33. The third kappa shape index (κ3) is 3.08. The number of hydrogen-bond donors (Lipinski definition) is 2. The SMILES string of the molecule is O=C(Nc1c(F)cc(F)cc1Cl)c1ccc(Br)cc1O. The molecule has 0 fully saturated rings. The second kappa shape index (κ2) is 5.76. The highest BCUT2D eigenvalue weighted by Crippen LogP contribution is 2.28. The molecule has 20 heavy (non-hydrogen) atoms. The molecule has 0 atom stereocenters. The number of rotatable bonds is 2. The summed E-state index contributed by atoms with van der Waals surface area (Å²) in [5, 5.41) is 11.6. The van der Waals surface area contributed by atoms with Crippen molar-refractivity contribution in [3.05, 3.63) is 57.0 Å². The van der Waals surface area contributed by atoms with Crippen molar-refractivity contribution in [3.8, 4) is 5.75 Å². The molecule has 0 aliphatic rings. The van der Waals surface area contributed by atoms with Gasteiger partial charge in [-0.1, -0.05) is 27.5 Å². The molecule has 0 aromatic heterocycles. The molecule has 1 amide bonds. The van der Waals surface area contributed by atoms with Gasteiger partial charge in [-0.2, -0.15) is 0 Å². The predicted molar refractivity (Wildman–Crippen MR) is 75.1 cm³/mol. The minimum absolute atomic E-state index is 0.0620. The van der Waals surface area contributed by atoms with Crippen molar-refractivity contribution in [2.45, 2.75) is 0 Å². The fourth-order valence-corrected chi connectivity index (χ4v) is 2.13. The maximum atomic E-state index is 13.5. The van der Waals surface area contributed by atoms with Crippen molar-refractivity contribution >= 4 is 39.1 Å². The first kappa shape index (κ1) is 14.7. The molecule has 2 N–H and O–H groups in total. The number of benzene rings is 2. The molecule has 7 heteroatoms. The number of amides is 1. The smallest absolute Gasteiger partial charge is 0.259 e. The van der Waals surface area contributed by atoms with E-state index in [1.165, 1.54) is 18.2 Å². The molecule has 0 saturated carbocycles. The van der Waals surface area contributed by atoms with Crippen molar-refractivity contribution in [1.29, 1.82) is 0 Å². The van der Waals surface area contributed by atoms with E-state index in [1.807, 2.05) is 0 Å². The number of nitrogens with one attached hydrogen (secondary N) is 1. The van der Waals surface area contributed by atoms with Gasteiger partial charge in [0, 0.05) is 10.5 Å². The minimum Gasteiger partial charge on any atom is -0.507 e. The van der Waals surface area contributed by atoms with E-state index in [9.17, 15) is 18.7 Å². The van der Waals surface area contributed by atoms with Gasteiger partial charge in [-0.25, -0.2) is 8.78 Å². The minimum atomic E-state index is -1.00. The Hall–Kier alpha value is -1.66. The molecule has 104 valence electrons. The first-order valence-corrected chi connectivity index (χ1v) is 6.50. The number of phenols is 1. The molecule has 0 spiro atoms. The van der Waals surface area contributed by atoms with Gasteiger partial charge < -0.3 is 10.4 Å². The monoisotopic (exact) mass is 361 g/mol. The van der Waals surface area contributed by atoms with Crippen LogP contribution in [0.4, 0.5) is 14.5 Å². The summed E-state index contributed by atoms with van der Waals surface area (Å²) >= 11 is 8.80. The van der Waals surface area contributed by atoms with Crippen LogP contribution in [0.25, 0.3) is 0 Å². The number of carbonyl (C=O) groups is 1. The maximum Gasteiger partial charge on any atom is 0.259 e. The molecule has 2 aromatic rings. The van der Waals surface area contributed by atoms with Gasteiger partial charge in [-0.3, -0.25) is 4.79 Å². The van der Waals surface area contributed by atoms with Crippen LogP contribution in [-0.4, -0.2) is 11.0 Å². The molecular weight excluding hydrogens is 356 g/mol. The second-order valence-electron chi connectivity index (χ2n) is 3.86. The lowest BCUT2D eigenvalue weighted by Gasteiger charge is -2.09. The zero-order valence-corrected chi connectivity index (χ0v) is 12.1. The molecule has 0 saturated heterocycles. The number of phenolic OH excluding ortho intramolecular Hbond substituents is 1. The predicted octanol–water partition coefficient (Wildman–Crippen LogP) is 4.34. The Kier molecular flexibility index (Phi) is 4.25. The lowest BCUT2D eigenvalue weighted by Crippen LogP contribution is -2.13. The van der Waals surface area contributed by atoms with Crippen molar-refractivity contribution in [2.75, 3.05) is 5.32 Å². The zero-order chi connectivity index (χ0) is 14.9. The highest BCUT2D eigenvalue weighted by molar-refractivity contribution is 9.10. The summed E-state index contributed by atoms with van der Waals surface area (Å²) in [6.07, 6.45) is 0. The Morgan fingerprint density at radius 2 is 1.95 bits per heavy atom. The lowest BCUT2D eigenvalue weighted by atomic mass is 10.2. The fourth-order valence-electron chi connectivity index (χ4n) is 1.54. The molecular formula is C13H7BrClF2NO2. The van der Waals surface area contributed by atoms with E-state index in [4.69, 9.17) is 11.6 Å². The molecule has 0 radical (unpaired) electrons. The summed E-state index contributed by atoms with van der Waals surface area (Å²) in [5.41, 5.74) is -0.409.